The number of nitrogens with one attached hydrogen (secondary N) is 1. The maximum atomic E-state index is 13.4. The molecule has 5 heteroatoms. The van der Waals surface area contributed by atoms with E-state index in [1.54, 1.807) is 0 Å². The summed E-state index contributed by atoms with van der Waals surface area (Å²) in [6, 6.07) is 13.9. The summed E-state index contributed by atoms with van der Waals surface area (Å²) in [5.41, 5.74) is 1.70. The van der Waals surface area contributed by atoms with Gasteiger partial charge >= 0.3 is 11.9 Å². The molecule has 0 amide bonds. The van der Waals surface area contributed by atoms with Gasteiger partial charge in [-0.3, -0.25) is 0 Å². The van der Waals surface area contributed by atoms with Gasteiger partial charge in [0.1, 0.15) is 11.2 Å². The molecule has 1 aliphatic rings. The number of dihydropyridines is 1. The molecule has 0 aliphatic carbocycles. The lowest BCUT2D eigenvalue weighted by Crippen LogP contribution is -2.36. The summed E-state index contributed by atoms with van der Waals surface area (Å²) < 4.78 is 11.5. The van der Waals surface area contributed by atoms with Gasteiger partial charge in [-0.05, 0) is 71.7 Å². The van der Waals surface area contributed by atoms with E-state index in [1.807, 2.05) is 97.9 Å². The SMILES string of the molecule is CC1=C(C(=O)OC(C)(C)C)C(c2cccc3ccccc23)C(C(=O)OC(C)(C)C)=C(C)N1. The van der Waals surface area contributed by atoms with Gasteiger partial charge < -0.3 is 14.8 Å². The molecule has 32 heavy (non-hydrogen) atoms. The highest BCUT2D eigenvalue weighted by atomic mass is 16.6. The highest BCUT2D eigenvalue weighted by Crippen LogP contribution is 2.42. The molecule has 170 valence electrons. The molecular weight excluding hydrogens is 402 g/mol. The Labute approximate surface area is 190 Å². The predicted octanol–water partition coefficient (Wildman–Crippen LogP) is 5.76. The van der Waals surface area contributed by atoms with Crippen LogP contribution in [0, 0.1) is 0 Å². The van der Waals surface area contributed by atoms with Crippen molar-refractivity contribution >= 4 is 22.7 Å². The van der Waals surface area contributed by atoms with E-state index in [-0.39, 0.29) is 0 Å². The van der Waals surface area contributed by atoms with Crippen LogP contribution in [0.25, 0.3) is 10.8 Å². The lowest BCUT2D eigenvalue weighted by atomic mass is 9.78. The number of rotatable bonds is 3. The minimum absolute atomic E-state index is 0.419. The van der Waals surface area contributed by atoms with Gasteiger partial charge in [0.25, 0.3) is 0 Å². The lowest BCUT2D eigenvalue weighted by Gasteiger charge is -2.33. The van der Waals surface area contributed by atoms with Crippen LogP contribution in [0.3, 0.4) is 0 Å². The van der Waals surface area contributed by atoms with Crippen molar-refractivity contribution in [3.63, 3.8) is 0 Å². The van der Waals surface area contributed by atoms with Gasteiger partial charge in [-0.15, -0.1) is 0 Å². The molecular formula is C27H33NO4. The Balaban J connectivity index is 2.26. The van der Waals surface area contributed by atoms with Crippen LogP contribution >= 0.6 is 0 Å². The Morgan fingerprint density at radius 1 is 0.750 bits per heavy atom. The van der Waals surface area contributed by atoms with E-state index >= 15 is 0 Å². The Hall–Kier alpha value is -3.08. The predicted molar refractivity (Wildman–Crippen MR) is 127 cm³/mol. The Morgan fingerprint density at radius 2 is 1.22 bits per heavy atom. The molecule has 0 bridgehead atoms. The number of hydrogen-bond donors (Lipinski definition) is 1. The first-order valence-corrected chi connectivity index (χ1v) is 10.9. The van der Waals surface area contributed by atoms with Crippen molar-refractivity contribution in [1.82, 2.24) is 5.32 Å². The van der Waals surface area contributed by atoms with Gasteiger partial charge in [0.2, 0.25) is 0 Å². The molecule has 0 unspecified atom stereocenters. The fourth-order valence-corrected chi connectivity index (χ4v) is 4.01. The summed E-state index contributed by atoms with van der Waals surface area (Å²) in [7, 11) is 0. The first kappa shape index (κ1) is 23.6. The molecule has 3 rings (SSSR count). The van der Waals surface area contributed by atoms with Crippen LogP contribution in [0.1, 0.15) is 66.9 Å². The highest BCUT2D eigenvalue weighted by molar-refractivity contribution is 6.02. The molecule has 1 aliphatic heterocycles. The second-order valence-corrected chi connectivity index (χ2v) is 10.2. The van der Waals surface area contributed by atoms with Crippen molar-refractivity contribution in [3.8, 4) is 0 Å². The summed E-state index contributed by atoms with van der Waals surface area (Å²) in [4.78, 5) is 26.8. The fourth-order valence-electron chi connectivity index (χ4n) is 4.01. The van der Waals surface area contributed by atoms with Crippen LogP contribution in [0.2, 0.25) is 0 Å². The van der Waals surface area contributed by atoms with Crippen LogP contribution in [0.15, 0.2) is 65.0 Å². The molecule has 1 N–H and O–H groups in total. The van der Waals surface area contributed by atoms with Crippen molar-refractivity contribution in [1.29, 1.82) is 0 Å². The summed E-state index contributed by atoms with van der Waals surface area (Å²) >= 11 is 0. The number of carbonyl (C=O) groups is 2. The number of allylic oxidation sites excluding steroid dienone is 2. The monoisotopic (exact) mass is 435 g/mol. The van der Waals surface area contributed by atoms with Crippen LogP contribution < -0.4 is 5.32 Å². The zero-order chi connectivity index (χ0) is 23.8. The van der Waals surface area contributed by atoms with Crippen molar-refractivity contribution < 1.29 is 19.1 Å². The Bertz CT molecular complexity index is 1070. The smallest absolute Gasteiger partial charge is 0.337 e. The van der Waals surface area contributed by atoms with E-state index in [1.165, 1.54) is 0 Å². The highest BCUT2D eigenvalue weighted by Gasteiger charge is 2.40. The largest absolute Gasteiger partial charge is 0.457 e. The van der Waals surface area contributed by atoms with Gasteiger partial charge in [0.15, 0.2) is 0 Å². The number of carbonyl (C=O) groups excluding carboxylic acids is 2. The molecule has 1 heterocycles. The summed E-state index contributed by atoms with van der Waals surface area (Å²) in [5, 5.41) is 5.23. The fraction of sp³-hybridized carbons (Fsp3) is 0.407. The first-order valence-electron chi connectivity index (χ1n) is 10.9. The van der Waals surface area contributed by atoms with Crippen molar-refractivity contribution in [2.24, 2.45) is 0 Å². The Kier molecular flexibility index (Phi) is 6.23. The Morgan fingerprint density at radius 3 is 1.72 bits per heavy atom. The molecule has 0 radical (unpaired) electrons. The van der Waals surface area contributed by atoms with Gasteiger partial charge in [-0.2, -0.15) is 0 Å². The minimum Gasteiger partial charge on any atom is -0.457 e. The van der Waals surface area contributed by atoms with Crippen LogP contribution in [0.4, 0.5) is 0 Å². The summed E-state index contributed by atoms with van der Waals surface area (Å²) in [5.74, 6) is -1.52. The number of fused-ring (bicyclic) bond motifs is 1. The third-order valence-electron chi connectivity index (χ3n) is 5.13. The molecule has 0 fully saturated rings. The van der Waals surface area contributed by atoms with Crippen molar-refractivity contribution in [3.05, 3.63) is 70.6 Å². The standard InChI is InChI=1S/C27H33NO4/c1-16-21(24(29)31-26(3,4)5)23(20-15-11-13-18-12-9-10-14-19(18)20)22(17(2)28-16)25(30)32-27(6,7)8/h9-15,23,28H,1-8H3. The molecule has 0 aromatic heterocycles. The van der Waals surface area contributed by atoms with E-state index < -0.39 is 29.1 Å². The van der Waals surface area contributed by atoms with Crippen LogP contribution in [0.5, 0.6) is 0 Å². The maximum Gasteiger partial charge on any atom is 0.337 e. The summed E-state index contributed by atoms with van der Waals surface area (Å²) in [6.07, 6.45) is 0. The quantitative estimate of drug-likeness (QED) is 0.621. The topological polar surface area (TPSA) is 64.6 Å². The van der Waals surface area contributed by atoms with Gasteiger partial charge in [0.05, 0.1) is 17.1 Å². The third kappa shape index (κ3) is 5.04. The average Bonchev–Trinajstić information content (AvgIpc) is 2.63. The molecule has 5 nitrogen and oxygen atoms in total. The van der Waals surface area contributed by atoms with E-state index in [2.05, 4.69) is 5.32 Å². The molecule has 0 spiro atoms. The van der Waals surface area contributed by atoms with Gasteiger partial charge in [0, 0.05) is 11.4 Å². The molecule has 2 aromatic rings. The molecule has 0 saturated heterocycles. The molecule has 2 aromatic carbocycles. The maximum absolute atomic E-state index is 13.4. The van der Waals surface area contributed by atoms with E-state index in [4.69, 9.17) is 9.47 Å². The van der Waals surface area contributed by atoms with Crippen molar-refractivity contribution in [2.45, 2.75) is 72.5 Å². The number of ether oxygens (including phenoxy) is 2. The second-order valence-electron chi connectivity index (χ2n) is 10.2. The second kappa shape index (κ2) is 8.45. The van der Waals surface area contributed by atoms with E-state index in [0.717, 1.165) is 16.3 Å². The van der Waals surface area contributed by atoms with Gasteiger partial charge in [-0.25, -0.2) is 9.59 Å². The average molecular weight is 436 g/mol. The van der Waals surface area contributed by atoms with Crippen LogP contribution in [-0.4, -0.2) is 23.1 Å². The number of hydrogen-bond acceptors (Lipinski definition) is 5. The van der Waals surface area contributed by atoms with Gasteiger partial charge in [-0.1, -0.05) is 42.5 Å². The summed E-state index contributed by atoms with van der Waals surface area (Å²) in [6.45, 7) is 14.7. The normalized spacial score (nSPS) is 15.6. The van der Waals surface area contributed by atoms with E-state index in [0.29, 0.717) is 22.5 Å². The molecule has 0 atom stereocenters. The van der Waals surface area contributed by atoms with Crippen LogP contribution in [-0.2, 0) is 19.1 Å². The zero-order valence-electron chi connectivity index (χ0n) is 20.3. The van der Waals surface area contributed by atoms with Crippen molar-refractivity contribution in [2.75, 3.05) is 0 Å². The minimum atomic E-state index is -0.671. The third-order valence-corrected chi connectivity index (χ3v) is 5.13. The zero-order valence-corrected chi connectivity index (χ0v) is 20.3. The van der Waals surface area contributed by atoms with E-state index in [9.17, 15) is 9.59 Å². The molecule has 0 saturated carbocycles. The number of esters is 2. The lowest BCUT2D eigenvalue weighted by molar-refractivity contribution is -0.150. The number of benzene rings is 2. The first-order chi connectivity index (χ1) is 14.8.